The van der Waals surface area contributed by atoms with E-state index in [0.717, 1.165) is 42.1 Å². The molecule has 1 aliphatic rings. The Hall–Kier alpha value is -1.73. The number of fused-ring (bicyclic) bond motifs is 1. The molecule has 3 heterocycles. The average molecular weight is 348 g/mol. The van der Waals surface area contributed by atoms with Gasteiger partial charge in [-0.05, 0) is 31.2 Å². The molecular weight excluding hydrogens is 324 g/mol. The van der Waals surface area contributed by atoms with Crippen molar-refractivity contribution in [1.82, 2.24) is 14.9 Å². The van der Waals surface area contributed by atoms with Gasteiger partial charge in [0, 0.05) is 31.7 Å². The third-order valence-corrected chi connectivity index (χ3v) is 5.58. The summed E-state index contributed by atoms with van der Waals surface area (Å²) in [5.74, 6) is 0.970. The number of nitrogens with zero attached hydrogens (tertiary/aromatic N) is 3. The highest BCUT2D eigenvalue weighted by molar-refractivity contribution is 7.17. The maximum Gasteiger partial charge on any atom is 0.248 e. The van der Waals surface area contributed by atoms with Gasteiger partial charge in [0.15, 0.2) is 0 Å². The second-order valence-electron chi connectivity index (χ2n) is 6.69. The Morgan fingerprint density at radius 1 is 1.50 bits per heavy atom. The number of likely N-dealkylation sites (tertiary alicyclic amines) is 1. The zero-order chi connectivity index (χ0) is 17.2. The SMILES string of the molecule is CCOCC(=O)N1CCC(C)(CNc2ncnc3scc(C)c23)C1. The normalized spacial score (nSPS) is 20.7. The minimum atomic E-state index is 0.0447. The lowest BCUT2D eigenvalue weighted by Gasteiger charge is -2.25. The largest absolute Gasteiger partial charge is 0.372 e. The fraction of sp³-hybridized carbons (Fsp3) is 0.588. The van der Waals surface area contributed by atoms with Gasteiger partial charge in [-0.1, -0.05) is 6.92 Å². The van der Waals surface area contributed by atoms with Gasteiger partial charge in [0.2, 0.25) is 5.91 Å². The average Bonchev–Trinajstić information content (AvgIpc) is 3.15. The Bertz CT molecular complexity index is 732. The van der Waals surface area contributed by atoms with Gasteiger partial charge < -0.3 is 15.0 Å². The zero-order valence-electron chi connectivity index (χ0n) is 14.5. The number of rotatable bonds is 6. The summed E-state index contributed by atoms with van der Waals surface area (Å²) < 4.78 is 5.24. The predicted molar refractivity (Wildman–Crippen MR) is 96.4 cm³/mol. The summed E-state index contributed by atoms with van der Waals surface area (Å²) in [5, 5.41) is 6.70. The summed E-state index contributed by atoms with van der Waals surface area (Å²) >= 11 is 1.64. The number of aryl methyl sites for hydroxylation is 1. The van der Waals surface area contributed by atoms with Gasteiger partial charge in [0.25, 0.3) is 0 Å². The van der Waals surface area contributed by atoms with Crippen LogP contribution in [0.5, 0.6) is 0 Å². The van der Waals surface area contributed by atoms with Crippen molar-refractivity contribution in [3.05, 3.63) is 17.3 Å². The molecule has 0 aromatic carbocycles. The smallest absolute Gasteiger partial charge is 0.248 e. The monoisotopic (exact) mass is 348 g/mol. The van der Waals surface area contributed by atoms with E-state index in [1.54, 1.807) is 17.7 Å². The van der Waals surface area contributed by atoms with E-state index in [4.69, 9.17) is 4.74 Å². The fourth-order valence-electron chi connectivity index (χ4n) is 3.11. The van der Waals surface area contributed by atoms with Gasteiger partial charge in [0.05, 0.1) is 5.39 Å². The summed E-state index contributed by atoms with van der Waals surface area (Å²) in [5.41, 5.74) is 1.24. The lowest BCUT2D eigenvalue weighted by molar-refractivity contribution is -0.135. The molecule has 2 aromatic heterocycles. The van der Waals surface area contributed by atoms with Crippen LogP contribution in [0.15, 0.2) is 11.7 Å². The molecular formula is C17H24N4O2S. The van der Waals surface area contributed by atoms with E-state index in [1.807, 2.05) is 11.8 Å². The first kappa shape index (κ1) is 17.1. The molecule has 1 N–H and O–H groups in total. The number of hydrogen-bond donors (Lipinski definition) is 1. The van der Waals surface area contributed by atoms with Crippen LogP contribution in [0.3, 0.4) is 0 Å². The first-order valence-corrected chi connectivity index (χ1v) is 9.18. The molecule has 3 rings (SSSR count). The number of aromatic nitrogens is 2. The van der Waals surface area contributed by atoms with Crippen LogP contribution in [0.2, 0.25) is 0 Å². The quantitative estimate of drug-likeness (QED) is 0.869. The molecule has 1 amide bonds. The molecule has 6 nitrogen and oxygen atoms in total. The number of ether oxygens (including phenoxy) is 1. The number of thiophene rings is 1. The van der Waals surface area contributed by atoms with E-state index in [9.17, 15) is 4.79 Å². The zero-order valence-corrected chi connectivity index (χ0v) is 15.3. The maximum atomic E-state index is 12.1. The van der Waals surface area contributed by atoms with Crippen LogP contribution in [-0.2, 0) is 9.53 Å². The third kappa shape index (κ3) is 3.52. The summed E-state index contributed by atoms with van der Waals surface area (Å²) in [6, 6.07) is 0. The van der Waals surface area contributed by atoms with Gasteiger partial charge in [-0.2, -0.15) is 0 Å². The lowest BCUT2D eigenvalue weighted by Crippen LogP contribution is -2.36. The van der Waals surface area contributed by atoms with Crippen molar-refractivity contribution in [3.8, 4) is 0 Å². The minimum Gasteiger partial charge on any atom is -0.372 e. The number of amides is 1. The standard InChI is InChI=1S/C17H24N4O2S/c1-4-23-7-13(22)21-6-5-17(3,10-21)9-18-15-14-12(2)8-24-16(14)20-11-19-15/h8,11H,4-7,9-10H2,1-3H3,(H,18,19,20). The van der Waals surface area contributed by atoms with Crippen molar-refractivity contribution in [1.29, 1.82) is 0 Å². The molecule has 1 saturated heterocycles. The van der Waals surface area contributed by atoms with E-state index in [-0.39, 0.29) is 17.9 Å². The highest BCUT2D eigenvalue weighted by Crippen LogP contribution is 2.32. The highest BCUT2D eigenvalue weighted by Gasteiger charge is 2.36. The molecule has 7 heteroatoms. The highest BCUT2D eigenvalue weighted by atomic mass is 32.1. The molecule has 2 aromatic rings. The minimum absolute atomic E-state index is 0.0447. The number of hydrogen-bond acceptors (Lipinski definition) is 6. The van der Waals surface area contributed by atoms with Crippen molar-refractivity contribution in [3.63, 3.8) is 0 Å². The van der Waals surface area contributed by atoms with Crippen LogP contribution in [0.4, 0.5) is 5.82 Å². The molecule has 0 spiro atoms. The van der Waals surface area contributed by atoms with Gasteiger partial charge in [-0.3, -0.25) is 4.79 Å². The molecule has 1 fully saturated rings. The van der Waals surface area contributed by atoms with Gasteiger partial charge >= 0.3 is 0 Å². The third-order valence-electron chi connectivity index (χ3n) is 4.58. The van der Waals surface area contributed by atoms with Crippen LogP contribution >= 0.6 is 11.3 Å². The molecule has 1 atom stereocenters. The molecule has 130 valence electrons. The first-order chi connectivity index (χ1) is 11.5. The van der Waals surface area contributed by atoms with E-state index < -0.39 is 0 Å². The van der Waals surface area contributed by atoms with Crippen LogP contribution in [0, 0.1) is 12.3 Å². The van der Waals surface area contributed by atoms with Crippen LogP contribution in [0.25, 0.3) is 10.2 Å². The molecule has 1 unspecified atom stereocenters. The summed E-state index contributed by atoms with van der Waals surface area (Å²) in [6.45, 7) is 9.28. The van der Waals surface area contributed by atoms with Crippen molar-refractivity contribution in [2.75, 3.05) is 38.2 Å². The Labute approximate surface area is 146 Å². The van der Waals surface area contributed by atoms with Gasteiger partial charge in [-0.25, -0.2) is 9.97 Å². The lowest BCUT2D eigenvalue weighted by atomic mass is 9.90. The Morgan fingerprint density at radius 2 is 2.33 bits per heavy atom. The summed E-state index contributed by atoms with van der Waals surface area (Å²) in [4.78, 5) is 23.8. The Balaban J connectivity index is 1.64. The van der Waals surface area contributed by atoms with Crippen LogP contribution in [-0.4, -0.2) is 53.6 Å². The van der Waals surface area contributed by atoms with E-state index >= 15 is 0 Å². The van der Waals surface area contributed by atoms with E-state index in [0.29, 0.717) is 6.61 Å². The first-order valence-electron chi connectivity index (χ1n) is 8.30. The fourth-order valence-corrected chi connectivity index (χ4v) is 4.00. The molecule has 24 heavy (non-hydrogen) atoms. The number of carbonyl (C=O) groups is 1. The van der Waals surface area contributed by atoms with E-state index in [2.05, 4.69) is 34.5 Å². The second kappa shape index (κ2) is 7.03. The number of anilines is 1. The topological polar surface area (TPSA) is 67.3 Å². The number of carbonyl (C=O) groups excluding carboxylic acids is 1. The Kier molecular flexibility index (Phi) is 5.01. The van der Waals surface area contributed by atoms with Crippen molar-refractivity contribution >= 4 is 33.3 Å². The molecule has 1 aliphatic heterocycles. The van der Waals surface area contributed by atoms with Crippen LogP contribution < -0.4 is 5.32 Å². The molecule has 0 bridgehead atoms. The van der Waals surface area contributed by atoms with Crippen molar-refractivity contribution < 1.29 is 9.53 Å². The summed E-state index contributed by atoms with van der Waals surface area (Å²) in [6.07, 6.45) is 2.59. The molecule has 0 radical (unpaired) electrons. The van der Waals surface area contributed by atoms with Crippen molar-refractivity contribution in [2.24, 2.45) is 5.41 Å². The summed E-state index contributed by atoms with van der Waals surface area (Å²) in [7, 11) is 0. The number of nitrogens with one attached hydrogen (secondary N) is 1. The maximum absolute atomic E-state index is 12.1. The second-order valence-corrected chi connectivity index (χ2v) is 7.55. The predicted octanol–water partition coefficient (Wildman–Crippen LogP) is 2.69. The van der Waals surface area contributed by atoms with Crippen molar-refractivity contribution in [2.45, 2.75) is 27.2 Å². The Morgan fingerprint density at radius 3 is 3.12 bits per heavy atom. The molecule has 0 saturated carbocycles. The van der Waals surface area contributed by atoms with Gasteiger partial charge in [0.1, 0.15) is 23.6 Å². The van der Waals surface area contributed by atoms with Gasteiger partial charge in [-0.15, -0.1) is 11.3 Å². The van der Waals surface area contributed by atoms with Crippen LogP contribution in [0.1, 0.15) is 25.8 Å². The van der Waals surface area contributed by atoms with E-state index in [1.165, 1.54) is 5.56 Å². The molecule has 0 aliphatic carbocycles.